The fourth-order valence-electron chi connectivity index (χ4n) is 3.14. The normalized spacial score (nSPS) is 11.5. The SMILES string of the molecule is C=CCN(Cc1ccccc1)C(=O)NC(c1ccc(OC)cc1)c1nccn1C. The summed E-state index contributed by atoms with van der Waals surface area (Å²) in [4.78, 5) is 19.3. The molecule has 6 nitrogen and oxygen atoms in total. The lowest BCUT2D eigenvalue weighted by Gasteiger charge is -2.26. The average molecular weight is 390 g/mol. The van der Waals surface area contributed by atoms with Crippen molar-refractivity contribution in [3.05, 3.63) is 96.6 Å². The van der Waals surface area contributed by atoms with Crippen LogP contribution in [0.25, 0.3) is 0 Å². The van der Waals surface area contributed by atoms with Crippen molar-refractivity contribution >= 4 is 6.03 Å². The summed E-state index contributed by atoms with van der Waals surface area (Å²) in [6.45, 7) is 4.73. The number of benzene rings is 2. The van der Waals surface area contributed by atoms with Gasteiger partial charge < -0.3 is 19.5 Å². The molecule has 3 aromatic rings. The number of carbonyl (C=O) groups excluding carboxylic acids is 1. The number of imidazole rings is 1. The van der Waals surface area contributed by atoms with Gasteiger partial charge in [0.15, 0.2) is 0 Å². The fraction of sp³-hybridized carbons (Fsp3) is 0.217. The number of carbonyl (C=O) groups is 1. The third kappa shape index (κ3) is 5.04. The summed E-state index contributed by atoms with van der Waals surface area (Å²) in [5, 5.41) is 3.13. The number of amides is 2. The number of hydrogen-bond donors (Lipinski definition) is 1. The lowest BCUT2D eigenvalue weighted by atomic mass is 10.1. The van der Waals surface area contributed by atoms with E-state index in [2.05, 4.69) is 16.9 Å². The van der Waals surface area contributed by atoms with E-state index in [-0.39, 0.29) is 6.03 Å². The summed E-state index contributed by atoms with van der Waals surface area (Å²) in [5.74, 6) is 1.51. The summed E-state index contributed by atoms with van der Waals surface area (Å²) in [6.07, 6.45) is 5.32. The predicted octanol–water partition coefficient (Wildman–Crippen LogP) is 3.92. The van der Waals surface area contributed by atoms with Gasteiger partial charge in [0.05, 0.1) is 7.11 Å². The zero-order chi connectivity index (χ0) is 20.6. The van der Waals surface area contributed by atoms with Gasteiger partial charge in [-0.25, -0.2) is 9.78 Å². The maximum absolute atomic E-state index is 13.2. The maximum atomic E-state index is 13.2. The Bertz CT molecular complexity index is 935. The maximum Gasteiger partial charge on any atom is 0.318 e. The lowest BCUT2D eigenvalue weighted by Crippen LogP contribution is -2.42. The summed E-state index contributed by atoms with van der Waals surface area (Å²) in [5.41, 5.74) is 1.98. The van der Waals surface area contributed by atoms with Gasteiger partial charge in [-0.2, -0.15) is 0 Å². The second-order valence-electron chi connectivity index (χ2n) is 6.71. The molecule has 0 radical (unpaired) electrons. The highest BCUT2D eigenvalue weighted by molar-refractivity contribution is 5.75. The minimum atomic E-state index is -0.392. The minimum Gasteiger partial charge on any atom is -0.497 e. The molecular formula is C23H26N4O2. The highest BCUT2D eigenvalue weighted by Gasteiger charge is 2.23. The van der Waals surface area contributed by atoms with Crippen molar-refractivity contribution in [3.8, 4) is 5.75 Å². The van der Waals surface area contributed by atoms with Crippen molar-refractivity contribution < 1.29 is 9.53 Å². The number of nitrogens with one attached hydrogen (secondary N) is 1. The van der Waals surface area contributed by atoms with Crippen LogP contribution in [0, 0.1) is 0 Å². The van der Waals surface area contributed by atoms with Crippen LogP contribution in [-0.4, -0.2) is 34.1 Å². The van der Waals surface area contributed by atoms with Crippen LogP contribution >= 0.6 is 0 Å². The van der Waals surface area contributed by atoms with Crippen molar-refractivity contribution in [1.82, 2.24) is 19.8 Å². The first-order valence-corrected chi connectivity index (χ1v) is 9.43. The summed E-state index contributed by atoms with van der Waals surface area (Å²) in [6, 6.07) is 17.0. The zero-order valence-corrected chi connectivity index (χ0v) is 16.8. The van der Waals surface area contributed by atoms with Crippen LogP contribution in [-0.2, 0) is 13.6 Å². The number of urea groups is 1. The molecule has 3 rings (SSSR count). The number of methoxy groups -OCH3 is 1. The Balaban J connectivity index is 1.85. The Morgan fingerprint density at radius 3 is 2.55 bits per heavy atom. The Morgan fingerprint density at radius 2 is 1.97 bits per heavy atom. The first-order valence-electron chi connectivity index (χ1n) is 9.43. The number of rotatable bonds is 8. The highest BCUT2D eigenvalue weighted by Crippen LogP contribution is 2.23. The van der Waals surface area contributed by atoms with Crippen molar-refractivity contribution in [2.45, 2.75) is 12.6 Å². The van der Waals surface area contributed by atoms with E-state index in [1.165, 1.54) is 0 Å². The van der Waals surface area contributed by atoms with Crippen LogP contribution in [0.1, 0.15) is 23.0 Å². The number of ether oxygens (including phenoxy) is 1. The topological polar surface area (TPSA) is 59.4 Å². The Morgan fingerprint density at radius 1 is 1.24 bits per heavy atom. The largest absolute Gasteiger partial charge is 0.497 e. The Kier molecular flexibility index (Phi) is 6.68. The van der Waals surface area contributed by atoms with Gasteiger partial charge in [0.25, 0.3) is 0 Å². The van der Waals surface area contributed by atoms with E-state index in [1.807, 2.05) is 72.4 Å². The molecule has 1 heterocycles. The van der Waals surface area contributed by atoms with Gasteiger partial charge in [0.2, 0.25) is 0 Å². The van der Waals surface area contributed by atoms with E-state index in [9.17, 15) is 4.79 Å². The van der Waals surface area contributed by atoms with Gasteiger partial charge in [0.1, 0.15) is 17.6 Å². The van der Waals surface area contributed by atoms with Crippen molar-refractivity contribution in [1.29, 1.82) is 0 Å². The van der Waals surface area contributed by atoms with Crippen LogP contribution in [0.3, 0.4) is 0 Å². The van der Waals surface area contributed by atoms with Crippen LogP contribution in [0.4, 0.5) is 4.79 Å². The first kappa shape index (κ1) is 20.2. The van der Waals surface area contributed by atoms with Crippen LogP contribution < -0.4 is 10.1 Å². The van der Waals surface area contributed by atoms with Gasteiger partial charge in [-0.15, -0.1) is 6.58 Å². The lowest BCUT2D eigenvalue weighted by molar-refractivity contribution is 0.198. The van der Waals surface area contributed by atoms with Crippen LogP contribution in [0.2, 0.25) is 0 Å². The molecule has 150 valence electrons. The molecule has 1 unspecified atom stereocenters. The third-order valence-corrected chi connectivity index (χ3v) is 4.69. The monoisotopic (exact) mass is 390 g/mol. The molecule has 0 aliphatic rings. The van der Waals surface area contributed by atoms with E-state index in [0.717, 1.165) is 22.7 Å². The zero-order valence-electron chi connectivity index (χ0n) is 16.8. The summed E-state index contributed by atoms with van der Waals surface area (Å²) < 4.78 is 7.16. The van der Waals surface area contributed by atoms with Gasteiger partial charge in [-0.3, -0.25) is 0 Å². The molecule has 0 fully saturated rings. The Hall–Kier alpha value is -3.54. The minimum absolute atomic E-state index is 0.183. The number of nitrogens with zero attached hydrogens (tertiary/aromatic N) is 3. The fourth-order valence-corrected chi connectivity index (χ4v) is 3.14. The molecule has 2 amide bonds. The average Bonchev–Trinajstić information content (AvgIpc) is 3.18. The van der Waals surface area contributed by atoms with Gasteiger partial charge >= 0.3 is 6.03 Å². The molecule has 0 spiro atoms. The summed E-state index contributed by atoms with van der Waals surface area (Å²) >= 11 is 0. The molecule has 1 atom stereocenters. The molecule has 1 aromatic heterocycles. The molecule has 0 aliphatic carbocycles. The van der Waals surface area contributed by atoms with E-state index >= 15 is 0 Å². The molecule has 0 saturated heterocycles. The molecule has 0 saturated carbocycles. The van der Waals surface area contributed by atoms with Gasteiger partial charge in [-0.1, -0.05) is 48.5 Å². The number of hydrogen-bond acceptors (Lipinski definition) is 3. The van der Waals surface area contributed by atoms with E-state index in [4.69, 9.17) is 4.74 Å². The molecular weight excluding hydrogens is 364 g/mol. The van der Waals surface area contributed by atoms with E-state index in [0.29, 0.717) is 13.1 Å². The van der Waals surface area contributed by atoms with Crippen LogP contribution in [0.5, 0.6) is 5.75 Å². The molecule has 0 bridgehead atoms. The second kappa shape index (κ2) is 9.59. The Labute approximate surface area is 171 Å². The third-order valence-electron chi connectivity index (χ3n) is 4.69. The molecule has 6 heteroatoms. The first-order chi connectivity index (χ1) is 14.1. The molecule has 29 heavy (non-hydrogen) atoms. The van der Waals surface area contributed by atoms with Crippen molar-refractivity contribution in [3.63, 3.8) is 0 Å². The number of aryl methyl sites for hydroxylation is 1. The summed E-state index contributed by atoms with van der Waals surface area (Å²) in [7, 11) is 3.54. The molecule has 0 aliphatic heterocycles. The smallest absolute Gasteiger partial charge is 0.318 e. The molecule has 1 N–H and O–H groups in total. The predicted molar refractivity (Wildman–Crippen MR) is 114 cm³/mol. The van der Waals surface area contributed by atoms with E-state index in [1.54, 1.807) is 24.3 Å². The number of aromatic nitrogens is 2. The second-order valence-corrected chi connectivity index (χ2v) is 6.71. The van der Waals surface area contributed by atoms with E-state index < -0.39 is 6.04 Å². The quantitative estimate of drug-likeness (QED) is 0.593. The highest BCUT2D eigenvalue weighted by atomic mass is 16.5. The van der Waals surface area contributed by atoms with Gasteiger partial charge in [0, 0.05) is 32.5 Å². The van der Waals surface area contributed by atoms with Crippen LogP contribution in [0.15, 0.2) is 79.6 Å². The van der Waals surface area contributed by atoms with Crippen molar-refractivity contribution in [2.75, 3.05) is 13.7 Å². The standard InChI is InChI=1S/C23H26N4O2/c1-4-15-27(17-18-8-6-5-7-9-18)23(28)25-21(22-24-14-16-26(22)2)19-10-12-20(29-3)13-11-19/h4-14,16,21H,1,15,17H2,2-3H3,(H,25,28). The molecule has 2 aromatic carbocycles. The van der Waals surface area contributed by atoms with Crippen molar-refractivity contribution in [2.24, 2.45) is 7.05 Å². The van der Waals surface area contributed by atoms with Gasteiger partial charge in [-0.05, 0) is 23.3 Å².